The summed E-state index contributed by atoms with van der Waals surface area (Å²) < 4.78 is 5.36. The van der Waals surface area contributed by atoms with Gasteiger partial charge in [-0.05, 0) is 34.2 Å². The molecule has 0 bridgehead atoms. The zero-order valence-corrected chi connectivity index (χ0v) is 12.2. The molecule has 2 nitrogen and oxygen atoms in total. The summed E-state index contributed by atoms with van der Waals surface area (Å²) in [4.78, 5) is 1.11. The molecule has 102 valence electrons. The van der Waals surface area contributed by atoms with Crippen molar-refractivity contribution in [2.75, 3.05) is 7.11 Å². The lowest BCUT2D eigenvalue weighted by atomic mass is 9.98. The lowest BCUT2D eigenvalue weighted by Crippen LogP contribution is -2.13. The Kier molecular flexibility index (Phi) is 3.72. The Morgan fingerprint density at radius 2 is 1.90 bits per heavy atom. The second-order valence-electron chi connectivity index (χ2n) is 4.80. The van der Waals surface area contributed by atoms with Crippen molar-refractivity contribution in [2.45, 2.75) is 12.5 Å². The molecule has 0 saturated carbocycles. The number of hydrogen-bond donors (Lipinski definition) is 1. The summed E-state index contributed by atoms with van der Waals surface area (Å²) in [6, 6.07) is 16.8. The van der Waals surface area contributed by atoms with Gasteiger partial charge in [-0.2, -0.15) is 0 Å². The smallest absolute Gasteiger partial charge is 0.134 e. The first-order valence-corrected chi connectivity index (χ1v) is 7.51. The molecule has 0 aliphatic rings. The number of fused-ring (bicyclic) bond motifs is 1. The highest BCUT2D eigenvalue weighted by Gasteiger charge is 2.15. The molecule has 0 spiro atoms. The molecule has 2 aromatic carbocycles. The Balaban J connectivity index is 1.93. The van der Waals surface area contributed by atoms with Crippen LogP contribution in [0.3, 0.4) is 0 Å². The third kappa shape index (κ3) is 2.42. The fourth-order valence-corrected chi connectivity index (χ4v) is 3.41. The highest BCUT2D eigenvalue weighted by molar-refractivity contribution is 7.10. The van der Waals surface area contributed by atoms with Crippen molar-refractivity contribution in [3.8, 4) is 5.75 Å². The van der Waals surface area contributed by atoms with Crippen molar-refractivity contribution in [2.24, 2.45) is 5.73 Å². The van der Waals surface area contributed by atoms with Crippen LogP contribution in [0.15, 0.2) is 53.9 Å². The van der Waals surface area contributed by atoms with E-state index in [0.29, 0.717) is 0 Å². The molecule has 0 saturated heterocycles. The van der Waals surface area contributed by atoms with Crippen LogP contribution in [0.4, 0.5) is 0 Å². The molecule has 3 heteroatoms. The van der Waals surface area contributed by atoms with Crippen LogP contribution < -0.4 is 10.5 Å². The lowest BCUT2D eigenvalue weighted by Gasteiger charge is -2.13. The Bertz CT molecular complexity index is 714. The predicted molar refractivity (Wildman–Crippen MR) is 85.5 cm³/mol. The lowest BCUT2D eigenvalue weighted by molar-refractivity contribution is 0.409. The van der Waals surface area contributed by atoms with Gasteiger partial charge in [0.25, 0.3) is 0 Å². The summed E-state index contributed by atoms with van der Waals surface area (Å²) in [6.07, 6.45) is 0.818. The molecule has 0 aliphatic carbocycles. The largest absolute Gasteiger partial charge is 0.496 e. The minimum atomic E-state index is -0.0317. The Hall–Kier alpha value is -1.84. The molecule has 1 aromatic heterocycles. The third-order valence-electron chi connectivity index (χ3n) is 3.53. The molecule has 1 heterocycles. The van der Waals surface area contributed by atoms with Crippen molar-refractivity contribution in [1.29, 1.82) is 0 Å². The zero-order valence-electron chi connectivity index (χ0n) is 11.4. The van der Waals surface area contributed by atoms with E-state index in [1.807, 2.05) is 11.4 Å². The third-order valence-corrected chi connectivity index (χ3v) is 4.56. The molecular formula is C17H17NOS. The van der Waals surface area contributed by atoms with Crippen molar-refractivity contribution in [3.63, 3.8) is 0 Å². The first kappa shape index (κ1) is 13.2. The number of nitrogens with two attached hydrogens (primary N) is 1. The molecular weight excluding hydrogens is 266 g/mol. The van der Waals surface area contributed by atoms with Gasteiger partial charge in [-0.1, -0.05) is 42.5 Å². The number of rotatable bonds is 4. The van der Waals surface area contributed by atoms with Crippen molar-refractivity contribution in [3.05, 3.63) is 64.4 Å². The summed E-state index contributed by atoms with van der Waals surface area (Å²) in [5, 5.41) is 4.56. The number of methoxy groups -OCH3 is 1. The van der Waals surface area contributed by atoms with Crippen LogP contribution in [0.1, 0.15) is 16.5 Å². The summed E-state index contributed by atoms with van der Waals surface area (Å²) in [5.41, 5.74) is 7.65. The molecule has 0 amide bonds. The number of benzene rings is 2. The Labute approximate surface area is 122 Å². The first-order valence-electron chi connectivity index (χ1n) is 6.63. The van der Waals surface area contributed by atoms with Gasteiger partial charge in [0, 0.05) is 6.04 Å². The van der Waals surface area contributed by atoms with E-state index >= 15 is 0 Å². The average Bonchev–Trinajstić information content (AvgIpc) is 2.96. The van der Waals surface area contributed by atoms with Crippen LogP contribution in [0, 0.1) is 0 Å². The monoisotopic (exact) mass is 283 g/mol. The van der Waals surface area contributed by atoms with Crippen molar-refractivity contribution < 1.29 is 4.74 Å². The van der Waals surface area contributed by atoms with Crippen LogP contribution in [0.2, 0.25) is 0 Å². The Morgan fingerprint density at radius 1 is 1.10 bits per heavy atom. The van der Waals surface area contributed by atoms with Crippen molar-refractivity contribution in [1.82, 2.24) is 0 Å². The normalized spacial score (nSPS) is 12.5. The van der Waals surface area contributed by atoms with Crippen LogP contribution in [0.25, 0.3) is 10.8 Å². The molecule has 0 fully saturated rings. The molecule has 0 radical (unpaired) electrons. The maximum Gasteiger partial charge on any atom is 0.134 e. The second kappa shape index (κ2) is 5.65. The molecule has 3 rings (SSSR count). The fraction of sp³-hybridized carbons (Fsp3) is 0.176. The number of ether oxygens (including phenoxy) is 1. The van der Waals surface area contributed by atoms with Gasteiger partial charge in [0.1, 0.15) is 5.75 Å². The molecule has 1 atom stereocenters. The quantitative estimate of drug-likeness (QED) is 0.780. The van der Waals surface area contributed by atoms with E-state index < -0.39 is 0 Å². The standard InChI is InChI=1S/C17H17NOS/c1-19-16-9-10-20-17(16)15(18)11-13-7-4-6-12-5-2-3-8-14(12)13/h2-10,15H,11,18H2,1H3. The van der Waals surface area contributed by atoms with E-state index in [4.69, 9.17) is 10.5 Å². The molecule has 0 aliphatic heterocycles. The zero-order chi connectivity index (χ0) is 13.9. The highest BCUT2D eigenvalue weighted by atomic mass is 32.1. The van der Waals surface area contributed by atoms with Gasteiger partial charge in [0.15, 0.2) is 0 Å². The van der Waals surface area contributed by atoms with Crippen LogP contribution >= 0.6 is 11.3 Å². The van der Waals surface area contributed by atoms with E-state index in [1.165, 1.54) is 16.3 Å². The van der Waals surface area contributed by atoms with Gasteiger partial charge in [0.05, 0.1) is 12.0 Å². The number of thiophene rings is 1. The number of hydrogen-bond acceptors (Lipinski definition) is 3. The van der Waals surface area contributed by atoms with E-state index in [1.54, 1.807) is 18.4 Å². The van der Waals surface area contributed by atoms with E-state index in [0.717, 1.165) is 17.0 Å². The predicted octanol–water partition coefficient (Wildman–Crippen LogP) is 4.15. The van der Waals surface area contributed by atoms with Crippen LogP contribution in [-0.4, -0.2) is 7.11 Å². The molecule has 20 heavy (non-hydrogen) atoms. The molecule has 2 N–H and O–H groups in total. The minimum absolute atomic E-state index is 0.0317. The van der Waals surface area contributed by atoms with Gasteiger partial charge in [-0.25, -0.2) is 0 Å². The maximum atomic E-state index is 6.37. The first-order chi connectivity index (χ1) is 9.79. The fourth-order valence-electron chi connectivity index (χ4n) is 2.55. The van der Waals surface area contributed by atoms with Crippen LogP contribution in [-0.2, 0) is 6.42 Å². The summed E-state index contributed by atoms with van der Waals surface area (Å²) >= 11 is 1.66. The summed E-state index contributed by atoms with van der Waals surface area (Å²) in [6.45, 7) is 0. The molecule has 3 aromatic rings. The van der Waals surface area contributed by atoms with Gasteiger partial charge >= 0.3 is 0 Å². The summed E-state index contributed by atoms with van der Waals surface area (Å²) in [7, 11) is 1.69. The average molecular weight is 283 g/mol. The minimum Gasteiger partial charge on any atom is -0.496 e. The van der Waals surface area contributed by atoms with E-state index in [9.17, 15) is 0 Å². The SMILES string of the molecule is COc1ccsc1C(N)Cc1cccc2ccccc12. The van der Waals surface area contributed by atoms with E-state index in [-0.39, 0.29) is 6.04 Å². The maximum absolute atomic E-state index is 6.37. The topological polar surface area (TPSA) is 35.2 Å². The molecule has 1 unspecified atom stereocenters. The van der Waals surface area contributed by atoms with E-state index in [2.05, 4.69) is 42.5 Å². The Morgan fingerprint density at radius 3 is 2.75 bits per heavy atom. The van der Waals surface area contributed by atoms with Gasteiger partial charge in [-0.15, -0.1) is 11.3 Å². The van der Waals surface area contributed by atoms with Gasteiger partial charge in [-0.3, -0.25) is 0 Å². The van der Waals surface area contributed by atoms with Crippen LogP contribution in [0.5, 0.6) is 5.75 Å². The van der Waals surface area contributed by atoms with Crippen molar-refractivity contribution >= 4 is 22.1 Å². The van der Waals surface area contributed by atoms with Gasteiger partial charge in [0.2, 0.25) is 0 Å². The summed E-state index contributed by atoms with van der Waals surface area (Å²) in [5.74, 6) is 0.891. The second-order valence-corrected chi connectivity index (χ2v) is 5.75. The van der Waals surface area contributed by atoms with Gasteiger partial charge < -0.3 is 10.5 Å². The highest BCUT2D eigenvalue weighted by Crippen LogP contribution is 2.32.